The molecule has 0 aromatic carbocycles. The van der Waals surface area contributed by atoms with Gasteiger partial charge >= 0.3 is 6.09 Å². The number of alkyl halides is 2. The average Bonchev–Trinajstić information content (AvgIpc) is 2.35. The highest BCUT2D eigenvalue weighted by Gasteiger charge is 2.55. The number of carbonyl (C=O) groups is 1. The quantitative estimate of drug-likeness (QED) is 0.591. The van der Waals surface area contributed by atoms with Gasteiger partial charge in [0.1, 0.15) is 12.3 Å². The minimum atomic E-state index is -2.23. The van der Waals surface area contributed by atoms with Gasteiger partial charge in [-0.2, -0.15) is 0 Å². The van der Waals surface area contributed by atoms with E-state index in [0.717, 1.165) is 4.90 Å². The van der Waals surface area contributed by atoms with Crippen LogP contribution in [0.2, 0.25) is 0 Å². The molecule has 6 nitrogen and oxygen atoms in total. The van der Waals surface area contributed by atoms with E-state index >= 15 is 0 Å². The molecule has 0 radical (unpaired) electrons. The second-order valence-electron chi connectivity index (χ2n) is 5.99. The van der Waals surface area contributed by atoms with Gasteiger partial charge in [0.25, 0.3) is 5.54 Å². The molecule has 0 bridgehead atoms. The lowest BCUT2D eigenvalue weighted by molar-refractivity contribution is -0.583. The summed E-state index contributed by atoms with van der Waals surface area (Å²) >= 11 is 0. The smallest absolute Gasteiger partial charge is 0.410 e. The van der Waals surface area contributed by atoms with E-state index in [1.54, 1.807) is 20.8 Å². The van der Waals surface area contributed by atoms with Gasteiger partial charge in [-0.05, 0) is 27.2 Å². The van der Waals surface area contributed by atoms with Crippen LogP contribution in [0.3, 0.4) is 0 Å². The van der Waals surface area contributed by atoms with Crippen molar-refractivity contribution >= 4 is 6.09 Å². The zero-order valence-corrected chi connectivity index (χ0v) is 11.9. The molecule has 0 saturated carbocycles. The first kappa shape index (κ1) is 16.6. The highest BCUT2D eigenvalue weighted by molar-refractivity contribution is 5.68. The molecule has 0 aromatic heterocycles. The first-order chi connectivity index (χ1) is 9.12. The topological polar surface area (TPSA) is 72.7 Å². The number of hydrogen-bond acceptors (Lipinski definition) is 4. The Morgan fingerprint density at radius 1 is 1.55 bits per heavy atom. The maximum Gasteiger partial charge on any atom is 0.410 e. The van der Waals surface area contributed by atoms with Crippen LogP contribution in [0.25, 0.3) is 0 Å². The van der Waals surface area contributed by atoms with Crippen molar-refractivity contribution in [3.8, 4) is 0 Å². The summed E-state index contributed by atoms with van der Waals surface area (Å²) in [6.07, 6.45) is -2.83. The van der Waals surface area contributed by atoms with E-state index in [4.69, 9.17) is 4.74 Å². The Morgan fingerprint density at radius 2 is 2.15 bits per heavy atom. The fourth-order valence-corrected chi connectivity index (χ4v) is 2.21. The molecule has 8 heteroatoms. The molecule has 1 amide bonds. The van der Waals surface area contributed by atoms with E-state index in [9.17, 15) is 23.7 Å². The number of nitrogens with zero attached hydrogens (tertiary/aromatic N) is 2. The molecule has 0 N–H and O–H groups in total. The standard InChI is InChI=1S/C12H20F2N2O4/c1-11(2,3)20-10(17)15-6-4-5-12(8-15,16(18)19)9(14)7-13/h9H,4-8H2,1-3H3. The van der Waals surface area contributed by atoms with Crippen molar-refractivity contribution in [3.05, 3.63) is 10.1 Å². The van der Waals surface area contributed by atoms with E-state index in [1.165, 1.54) is 0 Å². The van der Waals surface area contributed by atoms with Crippen molar-refractivity contribution < 1.29 is 23.2 Å². The lowest BCUT2D eigenvalue weighted by atomic mass is 9.85. The monoisotopic (exact) mass is 294 g/mol. The van der Waals surface area contributed by atoms with Crippen molar-refractivity contribution in [1.29, 1.82) is 0 Å². The minimum absolute atomic E-state index is 0.0929. The summed E-state index contributed by atoms with van der Waals surface area (Å²) in [4.78, 5) is 23.3. The third kappa shape index (κ3) is 3.55. The molecule has 1 saturated heterocycles. The van der Waals surface area contributed by atoms with E-state index < -0.39 is 41.5 Å². The molecule has 1 fully saturated rings. The number of piperidine rings is 1. The number of carbonyl (C=O) groups excluding carboxylic acids is 1. The Hall–Kier alpha value is -1.47. The van der Waals surface area contributed by atoms with Gasteiger partial charge in [-0.1, -0.05) is 0 Å². The summed E-state index contributed by atoms with van der Waals surface area (Å²) in [5, 5.41) is 11.2. The summed E-state index contributed by atoms with van der Waals surface area (Å²) in [6.45, 7) is 3.31. The maximum absolute atomic E-state index is 13.7. The van der Waals surface area contributed by atoms with E-state index in [0.29, 0.717) is 0 Å². The first-order valence-electron chi connectivity index (χ1n) is 6.45. The molecule has 1 heterocycles. The summed E-state index contributed by atoms with van der Waals surface area (Å²) in [7, 11) is 0. The average molecular weight is 294 g/mol. The summed E-state index contributed by atoms with van der Waals surface area (Å²) in [5.74, 6) is 0. The predicted octanol–water partition coefficient (Wildman–Crippen LogP) is 2.34. The fraction of sp³-hybridized carbons (Fsp3) is 0.917. The van der Waals surface area contributed by atoms with Crippen LogP contribution in [0.5, 0.6) is 0 Å². The van der Waals surface area contributed by atoms with Crippen LogP contribution < -0.4 is 0 Å². The molecule has 116 valence electrons. The van der Waals surface area contributed by atoms with Gasteiger partial charge in [0.15, 0.2) is 6.17 Å². The zero-order chi connectivity index (χ0) is 15.6. The fourth-order valence-electron chi connectivity index (χ4n) is 2.21. The molecule has 1 aliphatic heterocycles. The lowest BCUT2D eigenvalue weighted by Crippen LogP contribution is -2.60. The Bertz CT molecular complexity index is 386. The van der Waals surface area contributed by atoms with Crippen molar-refractivity contribution in [1.82, 2.24) is 4.90 Å². The van der Waals surface area contributed by atoms with Gasteiger partial charge in [-0.3, -0.25) is 10.1 Å². The van der Waals surface area contributed by atoms with Crippen LogP contribution in [0, 0.1) is 10.1 Å². The van der Waals surface area contributed by atoms with Crippen LogP contribution in [-0.2, 0) is 4.74 Å². The highest BCUT2D eigenvalue weighted by atomic mass is 19.2. The molecule has 2 unspecified atom stereocenters. The normalized spacial score (nSPS) is 25.1. The second kappa shape index (κ2) is 5.88. The van der Waals surface area contributed by atoms with Gasteiger partial charge in [0.2, 0.25) is 0 Å². The van der Waals surface area contributed by atoms with Gasteiger partial charge in [0.05, 0.1) is 6.54 Å². The Balaban J connectivity index is 2.88. The maximum atomic E-state index is 13.7. The number of ether oxygens (including phenoxy) is 1. The first-order valence-corrected chi connectivity index (χ1v) is 6.45. The summed E-state index contributed by atoms with van der Waals surface area (Å²) in [6, 6.07) is 0. The molecular weight excluding hydrogens is 274 g/mol. The minimum Gasteiger partial charge on any atom is -0.444 e. The van der Waals surface area contributed by atoms with E-state index in [1.807, 2.05) is 0 Å². The van der Waals surface area contributed by atoms with Gasteiger partial charge < -0.3 is 9.64 Å². The van der Waals surface area contributed by atoms with Crippen LogP contribution in [0.1, 0.15) is 33.6 Å². The van der Waals surface area contributed by atoms with Crippen molar-refractivity contribution in [3.63, 3.8) is 0 Å². The zero-order valence-electron chi connectivity index (χ0n) is 11.9. The van der Waals surface area contributed by atoms with E-state index in [-0.39, 0.29) is 19.4 Å². The predicted molar refractivity (Wildman–Crippen MR) is 67.6 cm³/mol. The highest BCUT2D eigenvalue weighted by Crippen LogP contribution is 2.31. The van der Waals surface area contributed by atoms with Gasteiger partial charge in [-0.15, -0.1) is 0 Å². The van der Waals surface area contributed by atoms with Crippen LogP contribution in [0.15, 0.2) is 0 Å². The van der Waals surface area contributed by atoms with Gasteiger partial charge in [-0.25, -0.2) is 13.6 Å². The van der Waals surface area contributed by atoms with Crippen molar-refractivity contribution in [2.24, 2.45) is 0 Å². The van der Waals surface area contributed by atoms with Crippen LogP contribution in [-0.4, -0.2) is 53.0 Å². The Labute approximate surface area is 116 Å². The molecule has 0 aliphatic carbocycles. The largest absolute Gasteiger partial charge is 0.444 e. The van der Waals surface area contributed by atoms with Crippen molar-refractivity contribution in [2.75, 3.05) is 19.8 Å². The number of halogens is 2. The van der Waals surface area contributed by atoms with Crippen LogP contribution >= 0.6 is 0 Å². The SMILES string of the molecule is CC(C)(C)OC(=O)N1CCCC(C(F)CF)([N+](=O)[O-])C1. The second-order valence-corrected chi connectivity index (χ2v) is 5.99. The number of hydrogen-bond donors (Lipinski definition) is 0. The number of amides is 1. The molecular formula is C12H20F2N2O4. The lowest BCUT2D eigenvalue weighted by Gasteiger charge is -2.37. The molecule has 0 spiro atoms. The molecule has 0 aromatic rings. The van der Waals surface area contributed by atoms with Gasteiger partial charge in [0, 0.05) is 17.9 Å². The summed E-state index contributed by atoms with van der Waals surface area (Å²) in [5.41, 5.74) is -2.83. The molecule has 1 rings (SSSR count). The Morgan fingerprint density at radius 3 is 2.60 bits per heavy atom. The van der Waals surface area contributed by atoms with E-state index in [2.05, 4.69) is 0 Å². The number of likely N-dealkylation sites (tertiary alicyclic amines) is 1. The third-order valence-corrected chi connectivity index (χ3v) is 3.24. The van der Waals surface area contributed by atoms with Crippen LogP contribution in [0.4, 0.5) is 13.6 Å². The molecule has 2 atom stereocenters. The third-order valence-electron chi connectivity index (χ3n) is 3.24. The summed E-state index contributed by atoms with van der Waals surface area (Å²) < 4.78 is 31.4. The Kier molecular flexibility index (Phi) is 4.88. The molecule has 1 aliphatic rings. The number of nitro groups is 1. The molecule has 20 heavy (non-hydrogen) atoms. The number of rotatable bonds is 3. The van der Waals surface area contributed by atoms with Crippen molar-refractivity contribution in [2.45, 2.75) is 50.9 Å².